The third kappa shape index (κ3) is 4.87. The molecule has 0 radical (unpaired) electrons. The number of hydrogen-bond donors (Lipinski definition) is 0. The molecule has 2 heterocycles. The van der Waals surface area contributed by atoms with Crippen LogP contribution in [0.4, 0.5) is 0 Å². The predicted octanol–water partition coefficient (Wildman–Crippen LogP) is 5.70. The summed E-state index contributed by atoms with van der Waals surface area (Å²) in [4.78, 5) is 21.2. The summed E-state index contributed by atoms with van der Waals surface area (Å²) in [5.41, 5.74) is 4.79. The molecule has 0 saturated carbocycles. The van der Waals surface area contributed by atoms with E-state index < -0.39 is 0 Å². The Balaban J connectivity index is 1.89. The van der Waals surface area contributed by atoms with E-state index in [0.29, 0.717) is 12.0 Å². The second-order valence-electron chi connectivity index (χ2n) is 7.67. The number of nitrogens with zero attached hydrogens (tertiary/aromatic N) is 2. The first-order valence-electron chi connectivity index (χ1n) is 10.9. The highest BCUT2D eigenvalue weighted by atomic mass is 32.2. The summed E-state index contributed by atoms with van der Waals surface area (Å²) in [6.07, 6.45) is 8.79. The van der Waals surface area contributed by atoms with Gasteiger partial charge in [0.25, 0.3) is 0 Å². The monoisotopic (exact) mass is 422 g/mol. The lowest BCUT2D eigenvalue weighted by molar-refractivity contribution is -0.134. The van der Waals surface area contributed by atoms with Gasteiger partial charge in [-0.15, -0.1) is 11.8 Å². The van der Waals surface area contributed by atoms with Crippen molar-refractivity contribution in [3.8, 4) is 17.9 Å². The van der Waals surface area contributed by atoms with Crippen LogP contribution in [-0.2, 0) is 16.6 Å². The summed E-state index contributed by atoms with van der Waals surface area (Å²) in [5, 5.41) is 0. The molecule has 1 aromatic heterocycles. The van der Waals surface area contributed by atoms with Gasteiger partial charge in [-0.05, 0) is 66.5 Å². The lowest BCUT2D eigenvalue weighted by Gasteiger charge is -2.38. The molecule has 1 aliphatic rings. The topological polar surface area (TPSA) is 52.1 Å². The van der Waals surface area contributed by atoms with Crippen LogP contribution < -0.4 is 4.74 Å². The molecule has 2 aromatic rings. The van der Waals surface area contributed by atoms with E-state index in [0.717, 1.165) is 31.2 Å². The van der Waals surface area contributed by atoms with Gasteiger partial charge in [0.2, 0.25) is 0 Å². The van der Waals surface area contributed by atoms with Crippen LogP contribution in [0.1, 0.15) is 82.1 Å². The number of aromatic nitrogens is 2. The Morgan fingerprint density at radius 2 is 1.87 bits per heavy atom. The van der Waals surface area contributed by atoms with Crippen LogP contribution >= 0.6 is 11.8 Å². The van der Waals surface area contributed by atoms with E-state index in [9.17, 15) is 4.79 Å². The summed E-state index contributed by atoms with van der Waals surface area (Å²) in [6, 6.07) is 4.74. The van der Waals surface area contributed by atoms with Crippen LogP contribution in [0.15, 0.2) is 29.4 Å². The molecular weight excluding hydrogens is 392 g/mol. The van der Waals surface area contributed by atoms with Crippen molar-refractivity contribution in [2.75, 3.05) is 5.75 Å². The summed E-state index contributed by atoms with van der Waals surface area (Å²) < 4.78 is 5.11. The van der Waals surface area contributed by atoms with Gasteiger partial charge >= 0.3 is 12.0 Å². The van der Waals surface area contributed by atoms with Gasteiger partial charge in [0.1, 0.15) is 0 Å². The summed E-state index contributed by atoms with van der Waals surface area (Å²) in [7, 11) is 0. The fourth-order valence-corrected chi connectivity index (χ4v) is 5.34. The molecule has 0 spiro atoms. The lowest BCUT2D eigenvalue weighted by Crippen LogP contribution is -2.29. The minimum absolute atomic E-state index is 0.0785. The fraction of sp³-hybridized carbons (Fsp3) is 0.480. The van der Waals surface area contributed by atoms with Crippen LogP contribution in [0.3, 0.4) is 0 Å². The number of carbonyl (C=O) groups is 1. The number of esters is 1. The SMILES string of the molecule is CCCC(=O)Oc1ncc(C#Cc2cc3c(cc2CC)SCCC3(CC)CC)cn1. The van der Waals surface area contributed by atoms with Crippen molar-refractivity contribution in [3.05, 3.63) is 46.8 Å². The molecule has 30 heavy (non-hydrogen) atoms. The fourth-order valence-electron chi connectivity index (χ4n) is 3.97. The van der Waals surface area contributed by atoms with Crippen LogP contribution in [0, 0.1) is 11.8 Å². The Kier molecular flexibility index (Phi) is 7.55. The first-order chi connectivity index (χ1) is 14.5. The minimum Gasteiger partial charge on any atom is -0.391 e. The maximum absolute atomic E-state index is 11.6. The van der Waals surface area contributed by atoms with Crippen molar-refractivity contribution in [1.29, 1.82) is 0 Å². The van der Waals surface area contributed by atoms with E-state index >= 15 is 0 Å². The minimum atomic E-state index is -0.314. The third-order valence-corrected chi connectivity index (χ3v) is 7.04. The molecule has 0 atom stereocenters. The van der Waals surface area contributed by atoms with Crippen molar-refractivity contribution >= 4 is 17.7 Å². The number of fused-ring (bicyclic) bond motifs is 1. The average Bonchev–Trinajstić information content (AvgIpc) is 2.77. The van der Waals surface area contributed by atoms with Gasteiger partial charge < -0.3 is 4.74 Å². The number of ether oxygens (including phenoxy) is 1. The van der Waals surface area contributed by atoms with Gasteiger partial charge in [0.05, 0.1) is 5.56 Å². The molecule has 0 bridgehead atoms. The largest absolute Gasteiger partial charge is 0.391 e. The zero-order valence-corrected chi connectivity index (χ0v) is 19.2. The van der Waals surface area contributed by atoms with Crippen LogP contribution in [0.25, 0.3) is 0 Å². The van der Waals surface area contributed by atoms with Crippen molar-refractivity contribution in [3.63, 3.8) is 0 Å². The quantitative estimate of drug-likeness (QED) is 0.442. The molecule has 0 N–H and O–H groups in total. The Hall–Kier alpha value is -2.32. The molecule has 3 rings (SSSR count). The summed E-state index contributed by atoms with van der Waals surface area (Å²) in [5.74, 6) is 7.42. The van der Waals surface area contributed by atoms with Crippen molar-refractivity contribution in [2.24, 2.45) is 0 Å². The highest BCUT2D eigenvalue weighted by molar-refractivity contribution is 7.99. The van der Waals surface area contributed by atoms with E-state index in [1.165, 1.54) is 28.2 Å². The van der Waals surface area contributed by atoms with E-state index in [2.05, 4.69) is 54.7 Å². The van der Waals surface area contributed by atoms with E-state index in [1.807, 2.05) is 18.7 Å². The van der Waals surface area contributed by atoms with Crippen LogP contribution in [0.5, 0.6) is 6.01 Å². The normalized spacial score (nSPS) is 14.4. The molecule has 0 fully saturated rings. The highest BCUT2D eigenvalue weighted by Gasteiger charge is 2.34. The van der Waals surface area contributed by atoms with E-state index in [-0.39, 0.29) is 17.4 Å². The summed E-state index contributed by atoms with van der Waals surface area (Å²) >= 11 is 1.97. The van der Waals surface area contributed by atoms with Crippen LogP contribution in [0.2, 0.25) is 0 Å². The number of hydrogen-bond acceptors (Lipinski definition) is 5. The van der Waals surface area contributed by atoms with Gasteiger partial charge in [-0.25, -0.2) is 9.97 Å². The Bertz CT molecular complexity index is 954. The molecule has 0 saturated heterocycles. The second-order valence-corrected chi connectivity index (χ2v) is 8.81. The predicted molar refractivity (Wildman–Crippen MR) is 122 cm³/mol. The molecule has 5 heteroatoms. The number of thioether (sulfide) groups is 1. The van der Waals surface area contributed by atoms with E-state index in [4.69, 9.17) is 4.74 Å². The average molecular weight is 423 g/mol. The molecule has 158 valence electrons. The van der Waals surface area contributed by atoms with Crippen molar-refractivity contribution in [1.82, 2.24) is 9.97 Å². The molecular formula is C25H30N2O2S. The molecule has 0 unspecified atom stereocenters. The third-order valence-electron chi connectivity index (χ3n) is 5.98. The first-order valence-corrected chi connectivity index (χ1v) is 11.9. The smallest absolute Gasteiger partial charge is 0.324 e. The van der Waals surface area contributed by atoms with Gasteiger partial charge in [-0.1, -0.05) is 39.5 Å². The molecule has 1 aromatic carbocycles. The number of aryl methyl sites for hydroxylation is 1. The Labute approximate surface area is 184 Å². The van der Waals surface area contributed by atoms with E-state index in [1.54, 1.807) is 12.4 Å². The first kappa shape index (κ1) is 22.4. The number of rotatable bonds is 6. The molecule has 0 amide bonds. The highest BCUT2D eigenvalue weighted by Crippen LogP contribution is 2.46. The Morgan fingerprint density at radius 1 is 1.13 bits per heavy atom. The second kappa shape index (κ2) is 10.1. The molecule has 0 aliphatic carbocycles. The lowest BCUT2D eigenvalue weighted by atomic mass is 9.72. The molecule has 1 aliphatic heterocycles. The van der Waals surface area contributed by atoms with Gasteiger partial charge in [-0.2, -0.15) is 0 Å². The van der Waals surface area contributed by atoms with Gasteiger partial charge in [-0.3, -0.25) is 4.79 Å². The van der Waals surface area contributed by atoms with Crippen LogP contribution in [-0.4, -0.2) is 21.7 Å². The van der Waals surface area contributed by atoms with Gasteiger partial charge in [0.15, 0.2) is 0 Å². The van der Waals surface area contributed by atoms with Crippen molar-refractivity contribution in [2.45, 2.75) is 76.5 Å². The molecule has 4 nitrogen and oxygen atoms in total. The van der Waals surface area contributed by atoms with Crippen molar-refractivity contribution < 1.29 is 9.53 Å². The standard InChI is InChI=1S/C25H30N2O2S/c1-5-9-23(28)29-24-26-16-18(17-27-24)10-11-20-14-21-22(15-19(20)6-2)30-13-12-25(21,7-3)8-4/h14-17H,5-9,12-13H2,1-4H3. The Morgan fingerprint density at radius 3 is 2.50 bits per heavy atom. The number of carbonyl (C=O) groups excluding carboxylic acids is 1. The number of benzene rings is 1. The zero-order chi connectivity index (χ0) is 21.6. The maximum atomic E-state index is 11.6. The summed E-state index contributed by atoms with van der Waals surface area (Å²) in [6.45, 7) is 8.70. The maximum Gasteiger partial charge on any atom is 0.324 e. The zero-order valence-electron chi connectivity index (χ0n) is 18.4. The van der Waals surface area contributed by atoms with Gasteiger partial charge in [0, 0.05) is 29.3 Å².